The molecule has 0 unspecified atom stereocenters. The van der Waals surface area contributed by atoms with Gasteiger partial charge in [0.25, 0.3) is 6.43 Å². The highest BCUT2D eigenvalue weighted by atomic mass is 35.5. The Balaban J connectivity index is 1.49. The Morgan fingerprint density at radius 3 is 2.49 bits per heavy atom. The van der Waals surface area contributed by atoms with Crippen LogP contribution in [0.2, 0.25) is 5.02 Å². The minimum atomic E-state index is -2.66. The molecule has 0 bridgehead atoms. The number of rotatable bonds is 8. The normalized spacial score (nSPS) is 11.3. The number of ether oxygens (including phenoxy) is 1. The van der Waals surface area contributed by atoms with E-state index in [2.05, 4.69) is 20.3 Å². The lowest BCUT2D eigenvalue weighted by Gasteiger charge is -2.16. The molecule has 37 heavy (non-hydrogen) atoms. The molecule has 5 rings (SSSR count). The summed E-state index contributed by atoms with van der Waals surface area (Å²) in [6.45, 7) is -0.440. The van der Waals surface area contributed by atoms with Gasteiger partial charge in [-0.1, -0.05) is 23.7 Å². The minimum Gasteiger partial charge on any atom is -0.439 e. The van der Waals surface area contributed by atoms with Gasteiger partial charge in [0.05, 0.1) is 19.4 Å². The van der Waals surface area contributed by atoms with Gasteiger partial charge in [0, 0.05) is 23.0 Å². The van der Waals surface area contributed by atoms with E-state index in [0.717, 1.165) is 16.2 Å². The zero-order valence-corrected chi connectivity index (χ0v) is 19.7. The third-order valence-electron chi connectivity index (χ3n) is 5.36. The zero-order chi connectivity index (χ0) is 25.9. The van der Waals surface area contributed by atoms with Crippen molar-refractivity contribution in [2.24, 2.45) is 0 Å². The molecule has 0 aliphatic rings. The van der Waals surface area contributed by atoms with Gasteiger partial charge in [-0.3, -0.25) is 9.36 Å². The summed E-state index contributed by atoms with van der Waals surface area (Å²) in [6.07, 6.45) is -0.165. The summed E-state index contributed by atoms with van der Waals surface area (Å²) in [6, 6.07) is 16.0. The first-order valence-electron chi connectivity index (χ1n) is 11.0. The second-order valence-electron chi connectivity index (χ2n) is 7.98. The summed E-state index contributed by atoms with van der Waals surface area (Å²) in [7, 11) is 0. The van der Waals surface area contributed by atoms with Crippen molar-refractivity contribution in [3.05, 3.63) is 99.9 Å². The summed E-state index contributed by atoms with van der Waals surface area (Å²) in [5.41, 5.74) is 0.873. The number of alkyl halides is 2. The van der Waals surface area contributed by atoms with E-state index in [1.54, 1.807) is 53.1 Å². The molecule has 1 N–H and O–H groups in total. The Morgan fingerprint density at radius 2 is 1.78 bits per heavy atom. The van der Waals surface area contributed by atoms with E-state index in [-0.39, 0.29) is 29.5 Å². The lowest BCUT2D eigenvalue weighted by Crippen LogP contribution is -2.21. The molecular weight excluding hydrogens is 509 g/mol. The summed E-state index contributed by atoms with van der Waals surface area (Å²) in [5.74, 6) is 0.204. The third-order valence-corrected chi connectivity index (χ3v) is 5.61. The molecule has 0 saturated heterocycles. The highest BCUT2D eigenvalue weighted by molar-refractivity contribution is 6.30. The molecular formula is C25H18ClF3N6O2. The quantitative estimate of drug-likeness (QED) is 0.282. The number of aromatic nitrogens is 5. The Bertz CT molecular complexity index is 1600. The Morgan fingerprint density at radius 1 is 1.03 bits per heavy atom. The molecule has 2 aromatic carbocycles. The number of halogens is 4. The van der Waals surface area contributed by atoms with Crippen LogP contribution in [0.5, 0.6) is 11.6 Å². The Labute approximate surface area is 213 Å². The largest absolute Gasteiger partial charge is 0.439 e. The smallest absolute Gasteiger partial charge is 0.300 e. The van der Waals surface area contributed by atoms with Crippen LogP contribution >= 0.6 is 11.6 Å². The van der Waals surface area contributed by atoms with Crippen LogP contribution < -0.4 is 15.6 Å². The standard InChI is InChI=1S/C25H18ClF3N6O2/c26-16-3-1-15(2-4-16)12-35-23-22(34(14-31-23)13-20(28)29)24(36)33-25(35)32-18-5-7-19(8-6-18)37-21-11-17(27)9-10-30-21/h1-11,14,20H,12-13H2,(H,32,33,36). The number of imidazole rings is 1. The maximum atomic E-state index is 13.4. The second kappa shape index (κ2) is 10.3. The monoisotopic (exact) mass is 526 g/mol. The van der Waals surface area contributed by atoms with Crippen molar-refractivity contribution >= 4 is 34.4 Å². The van der Waals surface area contributed by atoms with E-state index in [0.29, 0.717) is 16.5 Å². The first-order valence-corrected chi connectivity index (χ1v) is 11.4. The highest BCUT2D eigenvalue weighted by Crippen LogP contribution is 2.25. The van der Waals surface area contributed by atoms with Crippen molar-refractivity contribution in [3.63, 3.8) is 0 Å². The van der Waals surface area contributed by atoms with E-state index in [9.17, 15) is 18.0 Å². The summed E-state index contributed by atoms with van der Waals surface area (Å²) in [5, 5.41) is 3.64. The number of benzene rings is 2. The molecule has 3 heterocycles. The average molecular weight is 527 g/mol. The molecule has 0 amide bonds. The number of hydrogen-bond acceptors (Lipinski definition) is 6. The molecule has 0 aliphatic heterocycles. The minimum absolute atomic E-state index is 0.0221. The van der Waals surface area contributed by atoms with Crippen molar-refractivity contribution in [1.29, 1.82) is 0 Å². The van der Waals surface area contributed by atoms with Gasteiger partial charge in [0.15, 0.2) is 11.2 Å². The van der Waals surface area contributed by atoms with E-state index >= 15 is 0 Å². The molecule has 0 spiro atoms. The SMILES string of the molecule is O=c1nc(Nc2ccc(Oc3cc(F)ccn3)cc2)n(Cc2ccc(Cl)cc2)c2ncn(CC(F)F)c12. The van der Waals surface area contributed by atoms with Gasteiger partial charge in [-0.05, 0) is 48.0 Å². The van der Waals surface area contributed by atoms with Gasteiger partial charge >= 0.3 is 5.56 Å². The van der Waals surface area contributed by atoms with Crippen LogP contribution in [-0.4, -0.2) is 30.5 Å². The number of nitrogens with zero attached hydrogens (tertiary/aromatic N) is 5. The van der Waals surface area contributed by atoms with Gasteiger partial charge in [-0.2, -0.15) is 4.98 Å². The van der Waals surface area contributed by atoms with Crippen molar-refractivity contribution in [2.45, 2.75) is 19.5 Å². The molecule has 0 saturated carbocycles. The van der Waals surface area contributed by atoms with Gasteiger partial charge in [-0.25, -0.2) is 23.1 Å². The van der Waals surface area contributed by atoms with Gasteiger partial charge in [0.1, 0.15) is 11.6 Å². The maximum Gasteiger partial charge on any atom is 0.300 e. The topological polar surface area (TPSA) is 86.9 Å². The van der Waals surface area contributed by atoms with Gasteiger partial charge in [0.2, 0.25) is 11.8 Å². The lowest BCUT2D eigenvalue weighted by molar-refractivity contribution is 0.128. The van der Waals surface area contributed by atoms with E-state index in [1.165, 1.54) is 18.6 Å². The number of anilines is 2. The first-order chi connectivity index (χ1) is 17.9. The maximum absolute atomic E-state index is 13.4. The van der Waals surface area contributed by atoms with Crippen LogP contribution in [0.1, 0.15) is 5.56 Å². The molecule has 0 aliphatic carbocycles. The molecule has 8 nitrogen and oxygen atoms in total. The van der Waals surface area contributed by atoms with Crippen molar-refractivity contribution in [1.82, 2.24) is 24.1 Å². The first kappa shape index (κ1) is 24.3. The number of nitrogens with one attached hydrogen (secondary N) is 1. The molecule has 3 aromatic heterocycles. The molecule has 0 radical (unpaired) electrons. The van der Waals surface area contributed by atoms with Crippen LogP contribution in [0.4, 0.5) is 24.8 Å². The lowest BCUT2D eigenvalue weighted by atomic mass is 10.2. The van der Waals surface area contributed by atoms with Crippen LogP contribution in [0.15, 0.2) is 78.0 Å². The molecule has 0 atom stereocenters. The van der Waals surface area contributed by atoms with Crippen LogP contribution in [0.3, 0.4) is 0 Å². The third kappa shape index (κ3) is 5.56. The van der Waals surface area contributed by atoms with Crippen molar-refractivity contribution in [2.75, 3.05) is 5.32 Å². The zero-order valence-electron chi connectivity index (χ0n) is 19.0. The van der Waals surface area contributed by atoms with Crippen LogP contribution in [0.25, 0.3) is 11.2 Å². The molecule has 12 heteroatoms. The van der Waals surface area contributed by atoms with Crippen LogP contribution in [0, 0.1) is 5.82 Å². The van der Waals surface area contributed by atoms with Gasteiger partial charge in [-0.15, -0.1) is 0 Å². The van der Waals surface area contributed by atoms with Gasteiger partial charge < -0.3 is 14.6 Å². The average Bonchev–Trinajstić information content (AvgIpc) is 3.27. The summed E-state index contributed by atoms with van der Waals surface area (Å²) in [4.78, 5) is 25.2. The molecule has 0 fully saturated rings. The predicted octanol–water partition coefficient (Wildman–Crippen LogP) is 5.63. The Hall–Kier alpha value is -4.38. The van der Waals surface area contributed by atoms with E-state index < -0.39 is 24.3 Å². The van der Waals surface area contributed by atoms with Crippen molar-refractivity contribution < 1.29 is 17.9 Å². The van der Waals surface area contributed by atoms with Crippen molar-refractivity contribution in [3.8, 4) is 11.6 Å². The van der Waals surface area contributed by atoms with Crippen LogP contribution in [-0.2, 0) is 13.1 Å². The molecule has 5 aromatic rings. The summed E-state index contributed by atoms with van der Waals surface area (Å²) < 4.78 is 47.8. The van der Waals surface area contributed by atoms with E-state index in [1.807, 2.05) is 0 Å². The second-order valence-corrected chi connectivity index (χ2v) is 8.41. The highest BCUT2D eigenvalue weighted by Gasteiger charge is 2.18. The number of hydrogen-bond donors (Lipinski definition) is 1. The summed E-state index contributed by atoms with van der Waals surface area (Å²) >= 11 is 6.00. The molecule has 188 valence electrons. The predicted molar refractivity (Wildman–Crippen MR) is 132 cm³/mol. The fourth-order valence-corrected chi connectivity index (χ4v) is 3.83. The fourth-order valence-electron chi connectivity index (χ4n) is 3.70. The van der Waals surface area contributed by atoms with E-state index in [4.69, 9.17) is 16.3 Å². The fraction of sp³-hybridized carbons (Fsp3) is 0.120. The number of pyridine rings is 1. The number of fused-ring (bicyclic) bond motifs is 1. The Kier molecular flexibility index (Phi) is 6.78.